The van der Waals surface area contributed by atoms with E-state index in [0.717, 1.165) is 90.5 Å². The lowest BCUT2D eigenvalue weighted by Crippen LogP contribution is -2.18. The number of rotatable bonds is 16. The molecule has 0 saturated carbocycles. The minimum Gasteiger partial charge on any atom is -0.491 e. The van der Waals surface area contributed by atoms with Gasteiger partial charge in [0, 0.05) is 92.4 Å². The van der Waals surface area contributed by atoms with Crippen LogP contribution in [0, 0.1) is 0 Å². The Bertz CT molecular complexity index is 1750. The summed E-state index contributed by atoms with van der Waals surface area (Å²) in [5, 5.41) is 0. The quantitative estimate of drug-likeness (QED) is 0.110. The predicted octanol–water partition coefficient (Wildman–Crippen LogP) is 14.9. The molecule has 0 heterocycles. The molecule has 0 saturated heterocycles. The summed E-state index contributed by atoms with van der Waals surface area (Å²) in [6.07, 6.45) is -0.648. The summed E-state index contributed by atoms with van der Waals surface area (Å²) in [7, 11) is 0. The molecule has 1 aliphatic rings. The second-order valence-corrected chi connectivity index (χ2v) is 19.9. The lowest BCUT2D eigenvalue weighted by atomic mass is 9.80. The Kier molecular flexibility index (Phi) is 16.5. The number of hydrogen-bond donors (Lipinski definition) is 0. The minimum absolute atomic E-state index is 0.0809. The van der Waals surface area contributed by atoms with Crippen molar-refractivity contribution in [1.82, 2.24) is 0 Å². The van der Waals surface area contributed by atoms with E-state index in [1.807, 2.05) is 0 Å². The minimum atomic E-state index is -0.180. The average molecular weight is 881 g/mol. The molecule has 8 bridgehead atoms. The lowest BCUT2D eigenvalue weighted by molar-refractivity contribution is 0.222. The predicted molar refractivity (Wildman–Crippen MR) is 262 cm³/mol. The standard InChI is InChI=1S/C56H80O8/c1-29(2)57-49-25-50(58-30(3)4)42-21-41(49)37(17)43-22-44(52(60-32(7)8)26-51(43)59-31(5)6)39(19)47-24-48(56(64-36(15)16)28-55(47)63-35(13)14)40(20)46-23-45(38(42)18)53(61-33(9)10)27-54(46)62-34(11)12/h21-40H,1-20H3. The van der Waals surface area contributed by atoms with Gasteiger partial charge in [-0.3, -0.25) is 0 Å². The van der Waals surface area contributed by atoms with E-state index in [1.54, 1.807) is 0 Å². The Morgan fingerprint density at radius 2 is 0.328 bits per heavy atom. The molecule has 0 aliphatic heterocycles. The van der Waals surface area contributed by atoms with Gasteiger partial charge in [0.25, 0.3) is 0 Å². The zero-order valence-corrected chi connectivity index (χ0v) is 42.8. The Hall–Kier alpha value is -4.72. The third-order valence-corrected chi connectivity index (χ3v) is 11.2. The van der Waals surface area contributed by atoms with Crippen molar-refractivity contribution in [2.75, 3.05) is 0 Å². The highest BCUT2D eigenvalue weighted by molar-refractivity contribution is 5.63. The van der Waals surface area contributed by atoms with E-state index in [9.17, 15) is 0 Å². The smallest absolute Gasteiger partial charge is 0.127 e. The van der Waals surface area contributed by atoms with Crippen LogP contribution in [0.4, 0.5) is 0 Å². The Morgan fingerprint density at radius 1 is 0.219 bits per heavy atom. The maximum absolute atomic E-state index is 6.74. The summed E-state index contributed by atoms with van der Waals surface area (Å²) in [5.74, 6) is 5.46. The molecule has 1 aliphatic carbocycles. The van der Waals surface area contributed by atoms with Gasteiger partial charge in [0.1, 0.15) is 46.0 Å². The van der Waals surface area contributed by atoms with Gasteiger partial charge in [0.05, 0.1) is 48.8 Å². The van der Waals surface area contributed by atoms with E-state index in [1.165, 1.54) is 0 Å². The highest BCUT2D eigenvalue weighted by atomic mass is 16.5. The van der Waals surface area contributed by atoms with E-state index in [0.29, 0.717) is 0 Å². The molecule has 0 unspecified atom stereocenters. The van der Waals surface area contributed by atoms with Crippen molar-refractivity contribution in [3.63, 3.8) is 0 Å². The maximum Gasteiger partial charge on any atom is 0.127 e. The Balaban J connectivity index is 2.06. The summed E-state index contributed by atoms with van der Waals surface area (Å²) in [6.45, 7) is 42.1. The van der Waals surface area contributed by atoms with Gasteiger partial charge in [0.15, 0.2) is 0 Å². The van der Waals surface area contributed by atoms with Crippen LogP contribution in [-0.4, -0.2) is 48.8 Å². The van der Waals surface area contributed by atoms with Crippen molar-refractivity contribution < 1.29 is 37.9 Å². The van der Waals surface area contributed by atoms with E-state index >= 15 is 0 Å². The van der Waals surface area contributed by atoms with Crippen LogP contribution in [0.15, 0.2) is 48.5 Å². The highest BCUT2D eigenvalue weighted by Crippen LogP contribution is 2.51. The molecule has 8 heteroatoms. The fraction of sp³-hybridized carbons (Fsp3) is 0.571. The van der Waals surface area contributed by atoms with E-state index in [-0.39, 0.29) is 72.5 Å². The highest BCUT2D eigenvalue weighted by Gasteiger charge is 2.33. The lowest BCUT2D eigenvalue weighted by Gasteiger charge is -2.31. The van der Waals surface area contributed by atoms with Crippen molar-refractivity contribution in [1.29, 1.82) is 0 Å². The maximum atomic E-state index is 6.74. The Morgan fingerprint density at radius 3 is 0.422 bits per heavy atom. The fourth-order valence-electron chi connectivity index (χ4n) is 8.61. The summed E-state index contributed by atoms with van der Waals surface area (Å²) in [4.78, 5) is 0. The van der Waals surface area contributed by atoms with Crippen LogP contribution in [0.5, 0.6) is 46.0 Å². The van der Waals surface area contributed by atoms with Gasteiger partial charge in [0.2, 0.25) is 0 Å². The van der Waals surface area contributed by atoms with Crippen LogP contribution in [0.1, 0.15) is 207 Å². The van der Waals surface area contributed by atoms with E-state index < -0.39 is 0 Å². The molecular weight excluding hydrogens is 801 g/mol. The Labute approximate surface area is 386 Å². The number of benzene rings is 4. The molecule has 4 aromatic rings. The first kappa shape index (κ1) is 50.3. The van der Waals surface area contributed by atoms with Crippen molar-refractivity contribution in [3.8, 4) is 46.0 Å². The first-order valence-electron chi connectivity index (χ1n) is 24.0. The van der Waals surface area contributed by atoms with E-state index in [4.69, 9.17) is 37.9 Å². The second-order valence-electron chi connectivity index (χ2n) is 19.9. The van der Waals surface area contributed by atoms with Gasteiger partial charge in [-0.15, -0.1) is 0 Å². The first-order valence-corrected chi connectivity index (χ1v) is 24.0. The number of hydrogen-bond acceptors (Lipinski definition) is 8. The van der Waals surface area contributed by atoms with Gasteiger partial charge in [-0.2, -0.15) is 0 Å². The number of ether oxygens (including phenoxy) is 8. The van der Waals surface area contributed by atoms with Crippen LogP contribution in [0.3, 0.4) is 0 Å². The molecule has 0 spiro atoms. The third kappa shape index (κ3) is 11.9. The molecule has 0 atom stereocenters. The molecule has 352 valence electrons. The van der Waals surface area contributed by atoms with Crippen LogP contribution in [-0.2, 0) is 0 Å². The summed E-state index contributed by atoms with van der Waals surface area (Å²) < 4.78 is 53.9. The van der Waals surface area contributed by atoms with Gasteiger partial charge in [-0.05, 0) is 135 Å². The van der Waals surface area contributed by atoms with Crippen molar-refractivity contribution >= 4 is 0 Å². The van der Waals surface area contributed by atoms with Crippen LogP contribution < -0.4 is 37.9 Å². The summed E-state index contributed by atoms with van der Waals surface area (Å²) in [5.41, 5.74) is 8.26. The zero-order chi connectivity index (χ0) is 47.5. The molecule has 0 fully saturated rings. The average Bonchev–Trinajstić information content (AvgIpc) is 3.15. The molecule has 0 N–H and O–H groups in total. The normalized spacial score (nSPS) is 17.6. The molecule has 4 aromatic carbocycles. The molecule has 0 radical (unpaired) electrons. The van der Waals surface area contributed by atoms with Gasteiger partial charge < -0.3 is 37.9 Å². The second kappa shape index (κ2) is 21.1. The molecule has 0 amide bonds. The van der Waals surface area contributed by atoms with Crippen molar-refractivity contribution in [2.24, 2.45) is 0 Å². The zero-order valence-electron chi connectivity index (χ0n) is 42.8. The van der Waals surface area contributed by atoms with Gasteiger partial charge >= 0.3 is 0 Å². The molecule has 0 aromatic heterocycles. The van der Waals surface area contributed by atoms with Gasteiger partial charge in [-0.1, -0.05) is 27.7 Å². The topological polar surface area (TPSA) is 73.8 Å². The molecular formula is C56H80O8. The number of fused-ring (bicyclic) bond motifs is 8. The van der Waals surface area contributed by atoms with Crippen LogP contribution in [0.2, 0.25) is 0 Å². The van der Waals surface area contributed by atoms with Gasteiger partial charge in [-0.25, -0.2) is 0 Å². The molecule has 5 rings (SSSR count). The van der Waals surface area contributed by atoms with E-state index in [2.05, 4.69) is 187 Å². The monoisotopic (exact) mass is 881 g/mol. The van der Waals surface area contributed by atoms with Crippen molar-refractivity contribution in [2.45, 2.75) is 211 Å². The molecule has 8 nitrogen and oxygen atoms in total. The van der Waals surface area contributed by atoms with Crippen LogP contribution in [0.25, 0.3) is 0 Å². The largest absolute Gasteiger partial charge is 0.491 e. The SMILES string of the molecule is CC(C)Oc1cc(OC(C)C)c2cc1C(C)c1cc(c(OC(C)C)cc1OC(C)C)C(C)c1cc(c(OC(C)C)cc1OC(C)C)C(C)c1cc(c(OC(C)C)cc1OC(C)C)C2C. The van der Waals surface area contributed by atoms with Crippen molar-refractivity contribution in [3.05, 3.63) is 93.0 Å². The molecule has 64 heavy (non-hydrogen) atoms. The summed E-state index contributed by atoms with van der Waals surface area (Å²) in [6, 6.07) is 17.6. The summed E-state index contributed by atoms with van der Waals surface area (Å²) >= 11 is 0. The third-order valence-electron chi connectivity index (χ3n) is 11.2. The first-order chi connectivity index (χ1) is 29.9. The fourth-order valence-corrected chi connectivity index (χ4v) is 8.61. The van der Waals surface area contributed by atoms with Crippen LogP contribution >= 0.6 is 0 Å².